The molecule has 0 saturated heterocycles. The van der Waals surface area contributed by atoms with E-state index in [1.165, 1.54) is 16.7 Å². The van der Waals surface area contributed by atoms with Crippen molar-refractivity contribution in [3.8, 4) is 0 Å². The zero-order chi connectivity index (χ0) is 12.2. The predicted molar refractivity (Wildman–Crippen MR) is 73.8 cm³/mol. The van der Waals surface area contributed by atoms with Crippen LogP contribution in [-0.4, -0.2) is 0 Å². The maximum atomic E-state index is 5.78. The predicted octanol–water partition coefficient (Wildman–Crippen LogP) is 4.36. The van der Waals surface area contributed by atoms with Gasteiger partial charge in [0.05, 0.1) is 6.26 Å². The fourth-order valence-corrected chi connectivity index (χ4v) is 2.19. The van der Waals surface area contributed by atoms with Crippen molar-refractivity contribution in [1.82, 2.24) is 0 Å². The molecule has 0 amide bonds. The highest BCUT2D eigenvalue weighted by atomic mass is 16.5. The zero-order valence-corrected chi connectivity index (χ0v) is 9.99. The van der Waals surface area contributed by atoms with E-state index in [4.69, 9.17) is 4.74 Å². The van der Waals surface area contributed by atoms with Gasteiger partial charge in [0, 0.05) is 5.57 Å². The molecule has 18 heavy (non-hydrogen) atoms. The molecule has 2 aromatic rings. The van der Waals surface area contributed by atoms with Crippen molar-refractivity contribution in [2.45, 2.75) is 6.10 Å². The number of benzene rings is 2. The van der Waals surface area contributed by atoms with E-state index in [1.807, 2.05) is 30.3 Å². The van der Waals surface area contributed by atoms with Gasteiger partial charge in [0.25, 0.3) is 0 Å². The van der Waals surface area contributed by atoms with Crippen LogP contribution in [0.5, 0.6) is 0 Å². The molecule has 1 nitrogen and oxygen atoms in total. The van der Waals surface area contributed by atoms with E-state index in [0.29, 0.717) is 0 Å². The topological polar surface area (TPSA) is 9.23 Å². The van der Waals surface area contributed by atoms with E-state index >= 15 is 0 Å². The number of ether oxygens (including phenoxy) is 1. The summed E-state index contributed by atoms with van der Waals surface area (Å²) in [5.74, 6) is 0. The summed E-state index contributed by atoms with van der Waals surface area (Å²) in [6, 6.07) is 20.7. The average molecular weight is 234 g/mol. The summed E-state index contributed by atoms with van der Waals surface area (Å²) in [7, 11) is 0. The van der Waals surface area contributed by atoms with Gasteiger partial charge < -0.3 is 4.74 Å². The fourth-order valence-electron chi connectivity index (χ4n) is 2.19. The smallest absolute Gasteiger partial charge is 0.149 e. The number of rotatable bonds is 2. The van der Waals surface area contributed by atoms with Gasteiger partial charge in [-0.15, -0.1) is 0 Å². The van der Waals surface area contributed by atoms with E-state index in [-0.39, 0.29) is 6.10 Å². The lowest BCUT2D eigenvalue weighted by molar-refractivity contribution is 0.195. The first-order valence-corrected chi connectivity index (χ1v) is 6.08. The Balaban J connectivity index is 2.01. The van der Waals surface area contributed by atoms with Crippen LogP contribution >= 0.6 is 0 Å². The molecule has 0 N–H and O–H groups in total. The third-order valence-corrected chi connectivity index (χ3v) is 3.06. The Hall–Kier alpha value is -2.28. The molecule has 0 radical (unpaired) electrons. The van der Waals surface area contributed by atoms with Crippen molar-refractivity contribution < 1.29 is 4.74 Å². The highest BCUT2D eigenvalue weighted by molar-refractivity contribution is 5.72. The monoisotopic (exact) mass is 234 g/mol. The lowest BCUT2D eigenvalue weighted by Crippen LogP contribution is -2.06. The van der Waals surface area contributed by atoms with Crippen molar-refractivity contribution in [1.29, 1.82) is 0 Å². The molecule has 1 heteroatoms. The Morgan fingerprint density at radius 1 is 0.778 bits per heavy atom. The molecule has 0 fully saturated rings. The van der Waals surface area contributed by atoms with Crippen LogP contribution in [0, 0.1) is 0 Å². The Bertz CT molecular complexity index is 567. The molecule has 3 rings (SSSR count). The van der Waals surface area contributed by atoms with Crippen LogP contribution in [0.1, 0.15) is 17.2 Å². The molecule has 1 aliphatic heterocycles. The van der Waals surface area contributed by atoms with Crippen molar-refractivity contribution in [2.75, 3.05) is 0 Å². The molecule has 0 bridgehead atoms. The lowest BCUT2D eigenvalue weighted by Gasteiger charge is -2.23. The molecule has 1 atom stereocenters. The molecule has 0 spiro atoms. The Labute approximate surface area is 107 Å². The Morgan fingerprint density at radius 2 is 1.44 bits per heavy atom. The molecule has 1 heterocycles. The summed E-state index contributed by atoms with van der Waals surface area (Å²) < 4.78 is 5.78. The third kappa shape index (κ3) is 2.07. The summed E-state index contributed by atoms with van der Waals surface area (Å²) >= 11 is 0. The van der Waals surface area contributed by atoms with Gasteiger partial charge in [0.15, 0.2) is 0 Å². The minimum absolute atomic E-state index is 0.0152. The summed E-state index contributed by atoms with van der Waals surface area (Å²) in [5.41, 5.74) is 3.58. The quantitative estimate of drug-likeness (QED) is 0.750. The summed E-state index contributed by atoms with van der Waals surface area (Å²) in [4.78, 5) is 0. The Kier molecular flexibility index (Phi) is 2.97. The number of hydrogen-bond acceptors (Lipinski definition) is 1. The standard InChI is InChI=1S/C17H14O/c1-3-8-14(9-4-1)16-12-7-13-18-17(16)15-10-5-2-6-11-15/h1-13,17H. The van der Waals surface area contributed by atoms with Gasteiger partial charge in [-0.2, -0.15) is 0 Å². The van der Waals surface area contributed by atoms with Gasteiger partial charge in [-0.05, 0) is 17.2 Å². The second kappa shape index (κ2) is 4.92. The molecule has 88 valence electrons. The van der Waals surface area contributed by atoms with Crippen LogP contribution in [0.3, 0.4) is 0 Å². The first-order valence-electron chi connectivity index (χ1n) is 6.08. The van der Waals surface area contributed by atoms with Gasteiger partial charge in [-0.1, -0.05) is 66.7 Å². The van der Waals surface area contributed by atoms with Crippen molar-refractivity contribution in [3.05, 3.63) is 90.2 Å². The second-order valence-corrected chi connectivity index (χ2v) is 4.24. The van der Waals surface area contributed by atoms with Gasteiger partial charge in [-0.25, -0.2) is 0 Å². The van der Waals surface area contributed by atoms with Crippen LogP contribution in [0.25, 0.3) is 5.57 Å². The van der Waals surface area contributed by atoms with Crippen molar-refractivity contribution in [2.24, 2.45) is 0 Å². The van der Waals surface area contributed by atoms with Crippen LogP contribution in [0.15, 0.2) is 79.1 Å². The van der Waals surface area contributed by atoms with E-state index in [0.717, 1.165) is 0 Å². The number of hydrogen-bond donors (Lipinski definition) is 0. The van der Waals surface area contributed by atoms with Crippen molar-refractivity contribution in [3.63, 3.8) is 0 Å². The normalized spacial score (nSPS) is 18.0. The lowest BCUT2D eigenvalue weighted by atomic mass is 9.94. The van der Waals surface area contributed by atoms with Crippen LogP contribution in [0.4, 0.5) is 0 Å². The Morgan fingerprint density at radius 3 is 2.17 bits per heavy atom. The van der Waals surface area contributed by atoms with Gasteiger partial charge in [0.2, 0.25) is 0 Å². The van der Waals surface area contributed by atoms with E-state index < -0.39 is 0 Å². The number of allylic oxidation sites excluding steroid dienone is 2. The fraction of sp³-hybridized carbons (Fsp3) is 0.0588. The maximum absolute atomic E-state index is 5.78. The zero-order valence-electron chi connectivity index (χ0n) is 9.99. The molecular weight excluding hydrogens is 220 g/mol. The van der Waals surface area contributed by atoms with Crippen LogP contribution in [0.2, 0.25) is 0 Å². The summed E-state index contributed by atoms with van der Waals surface area (Å²) in [5, 5.41) is 0. The van der Waals surface area contributed by atoms with Crippen LogP contribution < -0.4 is 0 Å². The molecule has 0 aromatic heterocycles. The minimum atomic E-state index is -0.0152. The second-order valence-electron chi connectivity index (χ2n) is 4.24. The molecular formula is C17H14O. The highest BCUT2D eigenvalue weighted by Gasteiger charge is 2.19. The van der Waals surface area contributed by atoms with Gasteiger partial charge in [0.1, 0.15) is 6.10 Å². The molecule has 2 aromatic carbocycles. The first kappa shape index (κ1) is 10.8. The molecule has 0 saturated carbocycles. The maximum Gasteiger partial charge on any atom is 0.149 e. The largest absolute Gasteiger partial charge is 0.489 e. The molecule has 0 aliphatic carbocycles. The minimum Gasteiger partial charge on any atom is -0.489 e. The van der Waals surface area contributed by atoms with E-state index in [9.17, 15) is 0 Å². The van der Waals surface area contributed by atoms with E-state index in [1.54, 1.807) is 6.26 Å². The van der Waals surface area contributed by atoms with Gasteiger partial charge in [-0.3, -0.25) is 0 Å². The molecule has 1 unspecified atom stereocenters. The van der Waals surface area contributed by atoms with Crippen molar-refractivity contribution >= 4 is 5.57 Å². The van der Waals surface area contributed by atoms with E-state index in [2.05, 4.69) is 42.5 Å². The van der Waals surface area contributed by atoms with Gasteiger partial charge >= 0.3 is 0 Å². The third-order valence-electron chi connectivity index (χ3n) is 3.06. The highest BCUT2D eigenvalue weighted by Crippen LogP contribution is 2.35. The SMILES string of the molecule is C1=COC(c2ccccc2)C(c2ccccc2)=C1. The summed E-state index contributed by atoms with van der Waals surface area (Å²) in [6.45, 7) is 0. The first-order chi connectivity index (χ1) is 8.95. The summed E-state index contributed by atoms with van der Waals surface area (Å²) in [6.07, 6.45) is 5.81. The molecule has 1 aliphatic rings. The van der Waals surface area contributed by atoms with Crippen LogP contribution in [-0.2, 0) is 4.74 Å². The average Bonchev–Trinajstić information content (AvgIpc) is 2.49.